The number of piperidine rings is 1. The number of halogens is 1. The zero-order chi connectivity index (χ0) is 11.4. The van der Waals surface area contributed by atoms with Crippen LogP contribution in [0.4, 0.5) is 5.95 Å². The van der Waals surface area contributed by atoms with Crippen molar-refractivity contribution in [3.05, 3.63) is 16.9 Å². The Morgan fingerprint density at radius 1 is 1.44 bits per heavy atom. The summed E-state index contributed by atoms with van der Waals surface area (Å²) in [6.45, 7) is 2.26. The largest absolute Gasteiger partial charge is 0.396 e. The monoisotopic (exact) mass is 285 g/mol. The quantitative estimate of drug-likeness (QED) is 0.921. The molecule has 1 aromatic rings. The Labute approximate surface area is 104 Å². The molecule has 1 aliphatic rings. The van der Waals surface area contributed by atoms with Gasteiger partial charge in [-0.05, 0) is 41.1 Å². The van der Waals surface area contributed by atoms with Crippen LogP contribution in [-0.4, -0.2) is 34.8 Å². The summed E-state index contributed by atoms with van der Waals surface area (Å²) in [4.78, 5) is 10.8. The predicted octanol–water partition coefficient (Wildman–Crippen LogP) is 1.84. The molecule has 0 aromatic carbocycles. The summed E-state index contributed by atoms with van der Waals surface area (Å²) in [5.41, 5.74) is 0. The van der Waals surface area contributed by atoms with Gasteiger partial charge in [0.15, 0.2) is 0 Å². The lowest BCUT2D eigenvalue weighted by Crippen LogP contribution is -2.36. The molecule has 1 atom stereocenters. The van der Waals surface area contributed by atoms with Crippen LogP contribution in [0.15, 0.2) is 16.9 Å². The van der Waals surface area contributed by atoms with Gasteiger partial charge in [-0.1, -0.05) is 0 Å². The first kappa shape index (κ1) is 11.8. The van der Waals surface area contributed by atoms with E-state index in [4.69, 9.17) is 5.11 Å². The van der Waals surface area contributed by atoms with Crippen molar-refractivity contribution in [2.45, 2.75) is 19.3 Å². The minimum atomic E-state index is 0.277. The van der Waals surface area contributed by atoms with Gasteiger partial charge < -0.3 is 10.0 Å². The first-order chi connectivity index (χ1) is 7.79. The van der Waals surface area contributed by atoms with Crippen LogP contribution in [0.5, 0.6) is 0 Å². The van der Waals surface area contributed by atoms with Gasteiger partial charge >= 0.3 is 0 Å². The van der Waals surface area contributed by atoms with Gasteiger partial charge in [-0.25, -0.2) is 9.97 Å². The molecular formula is C11H16BrN3O. The van der Waals surface area contributed by atoms with E-state index < -0.39 is 0 Å². The summed E-state index contributed by atoms with van der Waals surface area (Å²) in [6.07, 6.45) is 6.79. The van der Waals surface area contributed by atoms with E-state index in [9.17, 15) is 0 Å². The third-order valence-electron chi connectivity index (χ3n) is 2.95. The van der Waals surface area contributed by atoms with E-state index in [1.807, 2.05) is 0 Å². The van der Waals surface area contributed by atoms with Crippen molar-refractivity contribution in [2.24, 2.45) is 5.92 Å². The molecule has 0 aliphatic carbocycles. The second-order valence-electron chi connectivity index (χ2n) is 4.17. The Morgan fingerprint density at radius 3 is 2.88 bits per heavy atom. The number of aliphatic hydroxyl groups excluding tert-OH is 1. The van der Waals surface area contributed by atoms with Crippen LogP contribution in [0, 0.1) is 5.92 Å². The molecule has 16 heavy (non-hydrogen) atoms. The highest BCUT2D eigenvalue weighted by Gasteiger charge is 2.20. The van der Waals surface area contributed by atoms with Crippen molar-refractivity contribution >= 4 is 21.9 Å². The number of hydrogen-bond acceptors (Lipinski definition) is 4. The van der Waals surface area contributed by atoms with Gasteiger partial charge in [-0.2, -0.15) is 0 Å². The van der Waals surface area contributed by atoms with E-state index in [0.717, 1.165) is 36.4 Å². The molecule has 0 saturated carbocycles. The Balaban J connectivity index is 2.01. The van der Waals surface area contributed by atoms with Crippen molar-refractivity contribution in [3.63, 3.8) is 0 Å². The highest BCUT2D eigenvalue weighted by atomic mass is 79.9. The van der Waals surface area contributed by atoms with E-state index >= 15 is 0 Å². The molecule has 0 radical (unpaired) electrons. The molecule has 0 amide bonds. The Bertz CT molecular complexity index is 329. The van der Waals surface area contributed by atoms with Gasteiger partial charge in [0, 0.05) is 32.1 Å². The molecule has 2 rings (SSSR count). The maximum Gasteiger partial charge on any atom is 0.225 e. The Morgan fingerprint density at radius 2 is 2.19 bits per heavy atom. The van der Waals surface area contributed by atoms with E-state index in [1.165, 1.54) is 6.42 Å². The Kier molecular flexibility index (Phi) is 4.12. The van der Waals surface area contributed by atoms with Crippen molar-refractivity contribution in [1.82, 2.24) is 9.97 Å². The van der Waals surface area contributed by atoms with Gasteiger partial charge in [0.05, 0.1) is 4.47 Å². The van der Waals surface area contributed by atoms with Crippen molar-refractivity contribution < 1.29 is 5.11 Å². The molecule has 1 fully saturated rings. The first-order valence-electron chi connectivity index (χ1n) is 5.63. The molecule has 2 heterocycles. The summed E-state index contributed by atoms with van der Waals surface area (Å²) in [5, 5.41) is 8.96. The fourth-order valence-electron chi connectivity index (χ4n) is 2.13. The highest BCUT2D eigenvalue weighted by molar-refractivity contribution is 9.10. The first-order valence-corrected chi connectivity index (χ1v) is 6.42. The van der Waals surface area contributed by atoms with Gasteiger partial charge in [-0.3, -0.25) is 0 Å². The van der Waals surface area contributed by atoms with Crippen LogP contribution in [0.1, 0.15) is 19.3 Å². The predicted molar refractivity (Wildman–Crippen MR) is 66.4 cm³/mol. The van der Waals surface area contributed by atoms with Crippen molar-refractivity contribution in [2.75, 3.05) is 24.6 Å². The minimum absolute atomic E-state index is 0.277. The van der Waals surface area contributed by atoms with E-state index in [0.29, 0.717) is 5.92 Å². The normalized spacial score (nSPS) is 21.1. The van der Waals surface area contributed by atoms with Gasteiger partial charge in [-0.15, -0.1) is 0 Å². The van der Waals surface area contributed by atoms with Crippen LogP contribution < -0.4 is 4.90 Å². The second-order valence-corrected chi connectivity index (χ2v) is 5.08. The van der Waals surface area contributed by atoms with Crippen LogP contribution in [0.2, 0.25) is 0 Å². The fourth-order valence-corrected chi connectivity index (χ4v) is 2.34. The maximum absolute atomic E-state index is 8.96. The maximum atomic E-state index is 8.96. The zero-order valence-corrected chi connectivity index (χ0v) is 10.7. The number of anilines is 1. The molecule has 4 nitrogen and oxygen atoms in total. The van der Waals surface area contributed by atoms with E-state index in [1.54, 1.807) is 12.4 Å². The molecule has 0 spiro atoms. The van der Waals surface area contributed by atoms with Gasteiger partial charge in [0.2, 0.25) is 5.95 Å². The fraction of sp³-hybridized carbons (Fsp3) is 0.636. The summed E-state index contributed by atoms with van der Waals surface area (Å²) in [7, 11) is 0. The summed E-state index contributed by atoms with van der Waals surface area (Å²) >= 11 is 3.33. The number of aromatic nitrogens is 2. The zero-order valence-electron chi connectivity index (χ0n) is 9.14. The molecule has 1 N–H and O–H groups in total. The van der Waals surface area contributed by atoms with E-state index in [2.05, 4.69) is 30.8 Å². The van der Waals surface area contributed by atoms with Crippen molar-refractivity contribution in [3.8, 4) is 0 Å². The van der Waals surface area contributed by atoms with Gasteiger partial charge in [0.1, 0.15) is 0 Å². The topological polar surface area (TPSA) is 49.2 Å². The summed E-state index contributed by atoms with van der Waals surface area (Å²) < 4.78 is 0.903. The van der Waals surface area contributed by atoms with Crippen LogP contribution in [-0.2, 0) is 0 Å². The van der Waals surface area contributed by atoms with Crippen LogP contribution in [0.3, 0.4) is 0 Å². The smallest absolute Gasteiger partial charge is 0.225 e. The molecule has 1 aromatic heterocycles. The number of aliphatic hydroxyl groups is 1. The third-order valence-corrected chi connectivity index (χ3v) is 3.36. The third kappa shape index (κ3) is 2.92. The molecule has 0 bridgehead atoms. The molecule has 1 unspecified atom stereocenters. The lowest BCUT2D eigenvalue weighted by Gasteiger charge is -2.32. The second kappa shape index (κ2) is 5.59. The average Bonchev–Trinajstić information content (AvgIpc) is 2.31. The summed E-state index contributed by atoms with van der Waals surface area (Å²) in [6, 6.07) is 0. The van der Waals surface area contributed by atoms with E-state index in [-0.39, 0.29) is 6.61 Å². The SMILES string of the molecule is OCCC1CCCN(c2ncc(Br)cn2)C1. The molecule has 5 heteroatoms. The summed E-state index contributed by atoms with van der Waals surface area (Å²) in [5.74, 6) is 1.37. The van der Waals surface area contributed by atoms with Gasteiger partial charge in [0.25, 0.3) is 0 Å². The number of rotatable bonds is 3. The molecule has 1 saturated heterocycles. The van der Waals surface area contributed by atoms with Crippen LogP contribution in [0.25, 0.3) is 0 Å². The molecule has 88 valence electrons. The molecular weight excluding hydrogens is 270 g/mol. The minimum Gasteiger partial charge on any atom is -0.396 e. The van der Waals surface area contributed by atoms with Crippen LogP contribution >= 0.6 is 15.9 Å². The average molecular weight is 286 g/mol. The standard InChI is InChI=1S/C11H16BrN3O/c12-10-6-13-11(14-7-10)15-4-1-2-9(8-15)3-5-16/h6-7,9,16H,1-5,8H2. The lowest BCUT2D eigenvalue weighted by atomic mass is 9.95. The lowest BCUT2D eigenvalue weighted by molar-refractivity contribution is 0.244. The van der Waals surface area contributed by atoms with Crippen molar-refractivity contribution in [1.29, 1.82) is 0 Å². The number of nitrogens with zero attached hydrogens (tertiary/aromatic N) is 3. The number of hydrogen-bond donors (Lipinski definition) is 1. The Hall–Kier alpha value is -0.680. The highest BCUT2D eigenvalue weighted by Crippen LogP contribution is 2.22. The molecule has 1 aliphatic heterocycles.